The van der Waals surface area contributed by atoms with E-state index in [2.05, 4.69) is 15.3 Å². The molecule has 0 amide bonds. The van der Waals surface area contributed by atoms with Crippen molar-refractivity contribution in [1.82, 2.24) is 15.3 Å². The zero-order valence-electron chi connectivity index (χ0n) is 10.9. The number of hydrogen-bond acceptors (Lipinski definition) is 4. The van der Waals surface area contributed by atoms with E-state index in [1.165, 1.54) is 6.20 Å². The third-order valence-electron chi connectivity index (χ3n) is 2.83. The molecule has 1 atom stereocenters. The maximum atomic E-state index is 13.9. The van der Waals surface area contributed by atoms with Gasteiger partial charge in [0, 0.05) is 18.0 Å². The highest BCUT2D eigenvalue weighted by Gasteiger charge is 2.17. The van der Waals surface area contributed by atoms with Crippen LogP contribution in [0, 0.1) is 5.82 Å². The summed E-state index contributed by atoms with van der Waals surface area (Å²) in [6.07, 6.45) is 6.12. The average Bonchev–Trinajstić information content (AvgIpc) is 2.46. The monoisotopic (exact) mass is 261 g/mol. The van der Waals surface area contributed by atoms with Crippen molar-refractivity contribution in [2.24, 2.45) is 0 Å². The van der Waals surface area contributed by atoms with Crippen molar-refractivity contribution in [2.75, 3.05) is 13.7 Å². The molecule has 4 nitrogen and oxygen atoms in total. The van der Waals surface area contributed by atoms with Gasteiger partial charge in [0.1, 0.15) is 11.6 Å². The Bertz CT molecular complexity index is 548. The first-order chi connectivity index (χ1) is 9.26. The summed E-state index contributed by atoms with van der Waals surface area (Å²) in [6, 6.07) is 3.25. The molecule has 2 rings (SSSR count). The molecule has 2 aromatic heterocycles. The van der Waals surface area contributed by atoms with Crippen LogP contribution in [0.15, 0.2) is 36.9 Å². The molecule has 0 aromatic carbocycles. The van der Waals surface area contributed by atoms with E-state index in [4.69, 9.17) is 4.74 Å². The molecule has 0 saturated heterocycles. The van der Waals surface area contributed by atoms with Crippen molar-refractivity contribution in [3.63, 3.8) is 0 Å². The van der Waals surface area contributed by atoms with Gasteiger partial charge in [-0.1, -0.05) is 6.92 Å². The second-order valence-electron chi connectivity index (χ2n) is 4.05. The molecule has 0 aliphatic rings. The Morgan fingerprint density at radius 3 is 2.84 bits per heavy atom. The van der Waals surface area contributed by atoms with Crippen molar-refractivity contribution in [2.45, 2.75) is 13.0 Å². The molecule has 5 heteroatoms. The normalized spacial score (nSPS) is 12.2. The first kappa shape index (κ1) is 13.4. The highest BCUT2D eigenvalue weighted by Crippen LogP contribution is 2.25. The molecule has 0 radical (unpaired) electrons. The summed E-state index contributed by atoms with van der Waals surface area (Å²) >= 11 is 0. The van der Waals surface area contributed by atoms with Gasteiger partial charge in [-0.2, -0.15) is 0 Å². The lowest BCUT2D eigenvalue weighted by Gasteiger charge is -2.19. The third kappa shape index (κ3) is 3.06. The first-order valence-corrected chi connectivity index (χ1v) is 6.08. The van der Waals surface area contributed by atoms with Crippen LogP contribution in [0.1, 0.15) is 24.1 Å². The van der Waals surface area contributed by atoms with Crippen molar-refractivity contribution < 1.29 is 9.13 Å². The topological polar surface area (TPSA) is 47.0 Å². The van der Waals surface area contributed by atoms with Gasteiger partial charge in [-0.05, 0) is 24.2 Å². The van der Waals surface area contributed by atoms with Gasteiger partial charge in [-0.15, -0.1) is 0 Å². The van der Waals surface area contributed by atoms with Crippen LogP contribution in [0.25, 0.3) is 0 Å². The minimum Gasteiger partial charge on any atom is -0.495 e. The molecule has 1 N–H and O–H groups in total. The fourth-order valence-electron chi connectivity index (χ4n) is 1.94. The largest absolute Gasteiger partial charge is 0.495 e. The summed E-state index contributed by atoms with van der Waals surface area (Å²) in [5.74, 6) is 0.311. The fourth-order valence-corrected chi connectivity index (χ4v) is 1.94. The second-order valence-corrected chi connectivity index (χ2v) is 4.05. The van der Waals surface area contributed by atoms with E-state index in [9.17, 15) is 4.39 Å². The molecule has 100 valence electrons. The number of halogens is 1. The van der Waals surface area contributed by atoms with Gasteiger partial charge >= 0.3 is 0 Å². The number of aromatic nitrogens is 2. The van der Waals surface area contributed by atoms with E-state index in [-0.39, 0.29) is 11.9 Å². The summed E-state index contributed by atoms with van der Waals surface area (Å²) in [5.41, 5.74) is 1.40. The predicted molar refractivity (Wildman–Crippen MR) is 70.5 cm³/mol. The highest BCUT2D eigenvalue weighted by atomic mass is 19.1. The predicted octanol–water partition coefficient (Wildman–Crippen LogP) is 2.32. The maximum Gasteiger partial charge on any atom is 0.146 e. The molecule has 1 unspecified atom stereocenters. The number of methoxy groups -OCH3 is 1. The Kier molecular flexibility index (Phi) is 4.41. The van der Waals surface area contributed by atoms with Crippen LogP contribution in [-0.2, 0) is 0 Å². The van der Waals surface area contributed by atoms with Crippen molar-refractivity contribution in [1.29, 1.82) is 0 Å². The molecule has 0 saturated carbocycles. The molecule has 19 heavy (non-hydrogen) atoms. The Morgan fingerprint density at radius 2 is 2.16 bits per heavy atom. The Hall–Kier alpha value is -2.01. The van der Waals surface area contributed by atoms with Crippen LogP contribution in [0.3, 0.4) is 0 Å². The number of nitrogens with zero attached hydrogens (tertiary/aromatic N) is 2. The average molecular weight is 261 g/mol. The van der Waals surface area contributed by atoms with Gasteiger partial charge in [-0.3, -0.25) is 9.97 Å². The van der Waals surface area contributed by atoms with Crippen LogP contribution in [0.2, 0.25) is 0 Å². The second kappa shape index (κ2) is 6.24. The van der Waals surface area contributed by atoms with Crippen molar-refractivity contribution in [3.05, 3.63) is 53.9 Å². The molecule has 2 heterocycles. The van der Waals surface area contributed by atoms with Crippen LogP contribution in [0.4, 0.5) is 4.39 Å². The number of nitrogens with one attached hydrogen (secondary N) is 1. The van der Waals surface area contributed by atoms with E-state index in [0.717, 1.165) is 5.56 Å². The number of rotatable bonds is 5. The number of hydrogen-bond donors (Lipinski definition) is 1. The summed E-state index contributed by atoms with van der Waals surface area (Å²) < 4.78 is 19.0. The van der Waals surface area contributed by atoms with Gasteiger partial charge in [0.2, 0.25) is 0 Å². The van der Waals surface area contributed by atoms with Crippen LogP contribution in [-0.4, -0.2) is 23.6 Å². The van der Waals surface area contributed by atoms with Crippen LogP contribution in [0.5, 0.6) is 5.75 Å². The molecule has 0 spiro atoms. The smallest absolute Gasteiger partial charge is 0.146 e. The molecule has 0 bridgehead atoms. The Balaban J connectivity index is 2.42. The lowest BCUT2D eigenvalue weighted by molar-refractivity contribution is 0.411. The molecule has 0 fully saturated rings. The van der Waals surface area contributed by atoms with Gasteiger partial charge in [0.15, 0.2) is 0 Å². The van der Waals surface area contributed by atoms with Crippen LogP contribution >= 0.6 is 0 Å². The summed E-state index contributed by atoms with van der Waals surface area (Å²) in [6.45, 7) is 2.68. The maximum absolute atomic E-state index is 13.9. The number of pyridine rings is 2. The molecular weight excluding hydrogens is 245 g/mol. The van der Waals surface area contributed by atoms with E-state index in [1.54, 1.807) is 31.8 Å². The zero-order chi connectivity index (χ0) is 13.7. The van der Waals surface area contributed by atoms with E-state index < -0.39 is 0 Å². The van der Waals surface area contributed by atoms with Crippen LogP contribution < -0.4 is 10.1 Å². The number of ether oxygens (including phenoxy) is 1. The standard InChI is InChI=1S/C14H16FN3O/c1-3-18-14(12-4-5-16-9-13(12)15)10-6-11(19-2)8-17-7-10/h4-9,14,18H,3H2,1-2H3. The quantitative estimate of drug-likeness (QED) is 0.897. The van der Waals surface area contributed by atoms with E-state index in [1.807, 2.05) is 13.0 Å². The first-order valence-electron chi connectivity index (χ1n) is 6.08. The van der Waals surface area contributed by atoms with Crippen molar-refractivity contribution >= 4 is 0 Å². The Labute approximate surface area is 111 Å². The summed E-state index contributed by atoms with van der Waals surface area (Å²) in [4.78, 5) is 7.88. The minimum absolute atomic E-state index is 0.268. The molecule has 2 aromatic rings. The highest BCUT2D eigenvalue weighted by molar-refractivity contribution is 5.33. The molecule has 0 aliphatic heterocycles. The molecule has 0 aliphatic carbocycles. The van der Waals surface area contributed by atoms with Gasteiger partial charge in [0.05, 0.1) is 25.5 Å². The summed E-state index contributed by atoms with van der Waals surface area (Å²) in [5, 5.41) is 3.24. The van der Waals surface area contributed by atoms with E-state index in [0.29, 0.717) is 17.9 Å². The lowest BCUT2D eigenvalue weighted by Crippen LogP contribution is -2.23. The zero-order valence-corrected chi connectivity index (χ0v) is 10.9. The van der Waals surface area contributed by atoms with Gasteiger partial charge in [-0.25, -0.2) is 4.39 Å². The third-order valence-corrected chi connectivity index (χ3v) is 2.83. The van der Waals surface area contributed by atoms with Crippen molar-refractivity contribution in [3.8, 4) is 5.75 Å². The van der Waals surface area contributed by atoms with E-state index >= 15 is 0 Å². The van der Waals surface area contributed by atoms with Gasteiger partial charge < -0.3 is 10.1 Å². The molecular formula is C14H16FN3O. The fraction of sp³-hybridized carbons (Fsp3) is 0.286. The van der Waals surface area contributed by atoms with Gasteiger partial charge in [0.25, 0.3) is 0 Å². The SMILES string of the molecule is CCNC(c1cncc(OC)c1)c1ccncc1F. The summed E-state index contributed by atoms with van der Waals surface area (Å²) in [7, 11) is 1.58. The lowest BCUT2D eigenvalue weighted by atomic mass is 10.0. The Morgan fingerprint density at radius 1 is 1.32 bits per heavy atom. The minimum atomic E-state index is -0.337.